The molecule has 2 nitrogen and oxygen atoms in total. The van der Waals surface area contributed by atoms with Gasteiger partial charge in [-0.2, -0.15) is 0 Å². The van der Waals surface area contributed by atoms with Crippen molar-refractivity contribution < 1.29 is 4.39 Å². The van der Waals surface area contributed by atoms with Gasteiger partial charge in [-0.1, -0.05) is 0 Å². The van der Waals surface area contributed by atoms with Crippen LogP contribution in [0.3, 0.4) is 0 Å². The third-order valence-corrected chi connectivity index (χ3v) is 5.57. The van der Waals surface area contributed by atoms with Gasteiger partial charge in [0.1, 0.15) is 0 Å². The second-order valence-corrected chi connectivity index (χ2v) is 11.2. The van der Waals surface area contributed by atoms with Crippen molar-refractivity contribution in [1.29, 1.82) is 0 Å². The van der Waals surface area contributed by atoms with Crippen LogP contribution in [0.5, 0.6) is 0 Å². The van der Waals surface area contributed by atoms with Gasteiger partial charge in [-0.15, -0.1) is 0 Å². The Labute approximate surface area is 105 Å². The van der Waals surface area contributed by atoms with Gasteiger partial charge in [0, 0.05) is 0 Å². The Morgan fingerprint density at radius 3 is 2.62 bits per heavy atom. The monoisotopic (exact) mass is 324 g/mol. The molecule has 2 rings (SSSR count). The number of nitrogens with zero attached hydrogens (tertiary/aromatic N) is 2. The average molecular weight is 323 g/mol. The van der Waals surface area contributed by atoms with Crippen molar-refractivity contribution in [3.63, 3.8) is 0 Å². The summed E-state index contributed by atoms with van der Waals surface area (Å²) < 4.78 is 14.5. The normalized spacial score (nSPS) is 12.0. The zero-order valence-corrected chi connectivity index (χ0v) is 12.4. The third kappa shape index (κ3) is 2.90. The molecule has 1 aromatic heterocycles. The van der Waals surface area contributed by atoms with E-state index in [0.717, 1.165) is 9.23 Å². The number of hydrogen-bond donors (Lipinski definition) is 0. The maximum atomic E-state index is 13.1. The molecule has 0 saturated carbocycles. The Morgan fingerprint density at radius 2 is 1.94 bits per heavy atom. The van der Waals surface area contributed by atoms with Gasteiger partial charge >= 0.3 is 105 Å². The van der Waals surface area contributed by atoms with Gasteiger partial charge in [0.05, 0.1) is 0 Å². The summed E-state index contributed by atoms with van der Waals surface area (Å²) in [5.41, 5.74) is 1.43. The molecule has 0 saturated heterocycles. The second kappa shape index (κ2) is 4.28. The molecule has 0 amide bonds. The predicted octanol–water partition coefficient (Wildman–Crippen LogP) is 2.32. The van der Waals surface area contributed by atoms with Gasteiger partial charge in [0.25, 0.3) is 0 Å². The quantitative estimate of drug-likeness (QED) is 0.753. The predicted molar refractivity (Wildman–Crippen MR) is 64.6 cm³/mol. The third-order valence-electron chi connectivity index (χ3n) is 2.01. The van der Waals surface area contributed by atoms with Gasteiger partial charge in [0.2, 0.25) is 0 Å². The first-order chi connectivity index (χ1) is 7.44. The first-order valence-electron chi connectivity index (χ1n) is 5.14. The van der Waals surface area contributed by atoms with Gasteiger partial charge < -0.3 is 0 Å². The second-order valence-electron chi connectivity index (χ2n) is 4.76. The van der Waals surface area contributed by atoms with Crippen LogP contribution < -0.4 is 3.71 Å². The summed E-state index contributed by atoms with van der Waals surface area (Å²) in [7, 11) is 0. The summed E-state index contributed by atoms with van der Waals surface area (Å²) in [5, 5.41) is 0. The van der Waals surface area contributed by atoms with Crippen LogP contribution in [0.2, 0.25) is 3.43 Å². The van der Waals surface area contributed by atoms with Crippen molar-refractivity contribution >= 4 is 35.9 Å². The zero-order valence-electron chi connectivity index (χ0n) is 9.58. The molecule has 0 aliphatic rings. The van der Waals surface area contributed by atoms with Crippen molar-refractivity contribution in [2.75, 3.05) is 0 Å². The van der Waals surface area contributed by atoms with Crippen LogP contribution in [0.15, 0.2) is 24.4 Å². The van der Waals surface area contributed by atoms with E-state index >= 15 is 0 Å². The van der Waals surface area contributed by atoms with E-state index < -0.39 is 21.1 Å². The van der Waals surface area contributed by atoms with E-state index in [1.54, 1.807) is 6.07 Å². The van der Waals surface area contributed by atoms with E-state index in [-0.39, 0.29) is 5.82 Å². The van der Waals surface area contributed by atoms with Crippen LogP contribution in [0, 0.1) is 5.82 Å². The van der Waals surface area contributed by atoms with Gasteiger partial charge in [-0.05, 0) is 0 Å². The van der Waals surface area contributed by atoms with Crippen LogP contribution in [-0.2, 0) is 0 Å². The molecule has 1 aromatic carbocycles. The fourth-order valence-corrected chi connectivity index (χ4v) is 4.49. The van der Waals surface area contributed by atoms with Crippen LogP contribution in [0.4, 0.5) is 4.39 Å². The van der Waals surface area contributed by atoms with Gasteiger partial charge in [0.15, 0.2) is 0 Å². The van der Waals surface area contributed by atoms with E-state index in [4.69, 9.17) is 0 Å². The van der Waals surface area contributed by atoms with E-state index in [1.807, 2.05) is 6.20 Å². The van der Waals surface area contributed by atoms with Crippen LogP contribution in [0.25, 0.3) is 11.0 Å². The van der Waals surface area contributed by atoms with Gasteiger partial charge in [-0.3, -0.25) is 0 Å². The molecule has 0 fully saturated rings. The molecule has 4 heteroatoms. The summed E-state index contributed by atoms with van der Waals surface area (Å²) in [5.74, 6) is -0.250. The fourth-order valence-electron chi connectivity index (χ4n) is 1.43. The van der Waals surface area contributed by atoms with Crippen molar-refractivity contribution in [1.82, 2.24) is 9.97 Å². The molecule has 0 spiro atoms. The summed E-state index contributed by atoms with van der Waals surface area (Å²) in [6.45, 7) is 6.66. The molecular formula is C12H13FN2Sn. The number of hydrogen-bond acceptors (Lipinski definition) is 2. The molecule has 0 aliphatic carbocycles. The standard InChI is InChI=1S/C8H4FN2.C4H9.Sn/c9-6-1-2-7-8(5-6)11-4-3-10-7;1-4(2)3;/h1-3,5H;1-3H3;. The van der Waals surface area contributed by atoms with E-state index in [1.165, 1.54) is 12.1 Å². The zero-order chi connectivity index (χ0) is 11.8. The van der Waals surface area contributed by atoms with Crippen LogP contribution in [-0.4, -0.2) is 31.1 Å². The Bertz CT molecular complexity index is 520. The Morgan fingerprint density at radius 1 is 1.19 bits per heavy atom. The number of aromatic nitrogens is 2. The molecular weight excluding hydrogens is 310 g/mol. The Balaban J connectivity index is 2.43. The topological polar surface area (TPSA) is 25.8 Å². The minimum atomic E-state index is -0.763. The van der Waals surface area contributed by atoms with Crippen LogP contribution in [0.1, 0.15) is 20.8 Å². The maximum absolute atomic E-state index is 13.1. The number of rotatable bonds is 1. The van der Waals surface area contributed by atoms with Gasteiger partial charge in [-0.25, -0.2) is 0 Å². The summed E-state index contributed by atoms with van der Waals surface area (Å²) in [6.07, 6.45) is 1.84. The van der Waals surface area contributed by atoms with Crippen molar-refractivity contribution in [2.45, 2.75) is 24.2 Å². The van der Waals surface area contributed by atoms with E-state index in [2.05, 4.69) is 30.7 Å². The van der Waals surface area contributed by atoms with Crippen molar-refractivity contribution in [3.8, 4) is 0 Å². The van der Waals surface area contributed by atoms with E-state index in [9.17, 15) is 4.39 Å². The first kappa shape index (κ1) is 11.8. The average Bonchev–Trinajstić information content (AvgIpc) is 2.14. The molecule has 82 valence electrons. The molecule has 0 N–H and O–H groups in total. The number of benzene rings is 1. The number of fused-ring (bicyclic) bond motifs is 1. The number of halogens is 1. The SMILES string of the molecule is C[C](C)(C)[Sn][c]1cnc2ccc(F)cc2n1. The molecule has 0 bridgehead atoms. The van der Waals surface area contributed by atoms with Crippen molar-refractivity contribution in [2.24, 2.45) is 0 Å². The van der Waals surface area contributed by atoms with E-state index in [0.29, 0.717) is 8.95 Å². The minimum absolute atomic E-state index is 0.250. The molecule has 0 atom stereocenters. The Kier molecular flexibility index (Phi) is 3.14. The molecule has 2 aromatic rings. The molecule has 1 heterocycles. The Hall–Kier alpha value is -0.711. The summed E-state index contributed by atoms with van der Waals surface area (Å²) in [6, 6.07) is 4.54. The fraction of sp³-hybridized carbons (Fsp3) is 0.333. The van der Waals surface area contributed by atoms with Crippen molar-refractivity contribution in [3.05, 3.63) is 30.2 Å². The summed E-state index contributed by atoms with van der Waals surface area (Å²) in [4.78, 5) is 8.81. The summed E-state index contributed by atoms with van der Waals surface area (Å²) >= 11 is -0.763. The molecule has 2 radical (unpaired) electrons. The molecule has 0 unspecified atom stereocenters. The molecule has 0 aliphatic heterocycles. The first-order valence-corrected chi connectivity index (χ1v) is 8.00. The molecule has 16 heavy (non-hydrogen) atoms. The van der Waals surface area contributed by atoms with Crippen LogP contribution >= 0.6 is 0 Å².